The summed E-state index contributed by atoms with van der Waals surface area (Å²) in [6.07, 6.45) is 5.27. The molecule has 1 fully saturated rings. The Morgan fingerprint density at radius 3 is 2.54 bits per heavy atom. The predicted molar refractivity (Wildman–Crippen MR) is 98.5 cm³/mol. The average Bonchev–Trinajstić information content (AvgIpc) is 2.95. The molecule has 1 atom stereocenters. The molecule has 2 aromatic carbocycles. The summed E-state index contributed by atoms with van der Waals surface area (Å²) < 4.78 is 6.36. The minimum Gasteiger partial charge on any atom is -0.447 e. The Morgan fingerprint density at radius 2 is 1.79 bits per heavy atom. The van der Waals surface area contributed by atoms with Crippen molar-refractivity contribution in [2.45, 2.75) is 38.1 Å². The zero-order valence-electron chi connectivity index (χ0n) is 13.5. The third kappa shape index (κ3) is 2.95. The molecule has 0 N–H and O–H groups in total. The van der Waals surface area contributed by atoms with Crippen LogP contribution in [0.1, 0.15) is 29.5 Å². The van der Waals surface area contributed by atoms with Crippen molar-refractivity contribution >= 4 is 27.7 Å². The molecule has 0 saturated carbocycles. The minimum absolute atomic E-state index is 0.0397. The summed E-state index contributed by atoms with van der Waals surface area (Å²) in [6.45, 7) is 0.442. The lowest BCUT2D eigenvalue weighted by molar-refractivity contribution is 0.178. The fourth-order valence-electron chi connectivity index (χ4n) is 3.72. The Hall–Kier alpha value is -1.81. The van der Waals surface area contributed by atoms with E-state index < -0.39 is 0 Å². The fraction of sp³-hybridized carbons (Fsp3) is 0.350. The van der Waals surface area contributed by atoms with E-state index in [1.54, 1.807) is 0 Å². The monoisotopic (exact) mass is 385 g/mol. The number of aryl methyl sites for hydroxylation is 2. The number of nitrogens with zero attached hydrogens (tertiary/aromatic N) is 1. The lowest BCUT2D eigenvalue weighted by Crippen LogP contribution is -2.35. The first-order valence-electron chi connectivity index (χ1n) is 8.53. The third-order valence-corrected chi connectivity index (χ3v) is 5.58. The number of carbonyl (C=O) groups excluding carboxylic acids is 1. The van der Waals surface area contributed by atoms with Crippen LogP contribution in [0.15, 0.2) is 46.9 Å². The van der Waals surface area contributed by atoms with Gasteiger partial charge in [-0.1, -0.05) is 30.3 Å². The standard InChI is InChI=1S/C20H20BrNO2/c21-18-11-15-8-4-5-9-16(15)12-19(18)22-17(13-24-20(22)23)10-14-6-2-1-3-7-14/h1-3,6-7,11-12,17H,4-5,8-10,13H2/t17-/m1/s1. The predicted octanol–water partition coefficient (Wildman–Crippen LogP) is 4.90. The molecule has 0 unspecified atom stereocenters. The van der Waals surface area contributed by atoms with E-state index in [0.29, 0.717) is 6.61 Å². The van der Waals surface area contributed by atoms with Crippen LogP contribution >= 0.6 is 15.9 Å². The summed E-state index contributed by atoms with van der Waals surface area (Å²) >= 11 is 3.68. The summed E-state index contributed by atoms with van der Waals surface area (Å²) in [5.74, 6) is 0. The largest absolute Gasteiger partial charge is 0.447 e. The van der Waals surface area contributed by atoms with Gasteiger partial charge in [-0.15, -0.1) is 0 Å². The Kier molecular flexibility index (Phi) is 4.31. The van der Waals surface area contributed by atoms with Gasteiger partial charge in [0.05, 0.1) is 11.7 Å². The van der Waals surface area contributed by atoms with Gasteiger partial charge in [0, 0.05) is 4.47 Å². The SMILES string of the molecule is O=C1OC[C@@H](Cc2ccccc2)N1c1cc2c(cc1Br)CCCC2. The second-order valence-electron chi connectivity index (χ2n) is 6.57. The summed E-state index contributed by atoms with van der Waals surface area (Å²) in [4.78, 5) is 14.2. The molecule has 0 bridgehead atoms. The van der Waals surface area contributed by atoms with E-state index in [1.807, 2.05) is 23.1 Å². The number of halogens is 1. The van der Waals surface area contributed by atoms with Crippen molar-refractivity contribution in [3.8, 4) is 0 Å². The highest BCUT2D eigenvalue weighted by Gasteiger charge is 2.35. The first kappa shape index (κ1) is 15.7. The van der Waals surface area contributed by atoms with Crippen molar-refractivity contribution in [1.29, 1.82) is 0 Å². The van der Waals surface area contributed by atoms with Crippen molar-refractivity contribution < 1.29 is 9.53 Å². The number of benzene rings is 2. The molecule has 4 rings (SSSR count). The topological polar surface area (TPSA) is 29.5 Å². The summed E-state index contributed by atoms with van der Waals surface area (Å²) in [6, 6.07) is 14.7. The van der Waals surface area contributed by atoms with Crippen LogP contribution < -0.4 is 4.90 Å². The number of anilines is 1. The van der Waals surface area contributed by atoms with Crippen molar-refractivity contribution in [3.05, 3.63) is 63.6 Å². The minimum atomic E-state index is -0.243. The summed E-state index contributed by atoms with van der Waals surface area (Å²) in [5, 5.41) is 0. The zero-order chi connectivity index (χ0) is 16.5. The first-order chi connectivity index (χ1) is 11.7. The maximum Gasteiger partial charge on any atom is 0.414 e. The van der Waals surface area contributed by atoms with E-state index >= 15 is 0 Å². The fourth-order valence-corrected chi connectivity index (χ4v) is 4.30. The van der Waals surface area contributed by atoms with Gasteiger partial charge < -0.3 is 4.74 Å². The smallest absolute Gasteiger partial charge is 0.414 e. The molecular weight excluding hydrogens is 366 g/mol. The van der Waals surface area contributed by atoms with E-state index in [-0.39, 0.29) is 12.1 Å². The molecule has 1 aliphatic heterocycles. The van der Waals surface area contributed by atoms with Gasteiger partial charge in [0.1, 0.15) is 6.61 Å². The highest BCUT2D eigenvalue weighted by Crippen LogP contribution is 2.36. The summed E-state index contributed by atoms with van der Waals surface area (Å²) in [5.41, 5.74) is 4.95. The molecule has 2 aliphatic rings. The van der Waals surface area contributed by atoms with E-state index in [2.05, 4.69) is 40.2 Å². The highest BCUT2D eigenvalue weighted by molar-refractivity contribution is 9.10. The van der Waals surface area contributed by atoms with Gasteiger partial charge >= 0.3 is 6.09 Å². The van der Waals surface area contributed by atoms with E-state index in [9.17, 15) is 4.79 Å². The van der Waals surface area contributed by atoms with Crippen molar-refractivity contribution in [1.82, 2.24) is 0 Å². The molecule has 24 heavy (non-hydrogen) atoms. The molecule has 4 heteroatoms. The second-order valence-corrected chi connectivity index (χ2v) is 7.42. The van der Waals surface area contributed by atoms with Gasteiger partial charge in [-0.2, -0.15) is 0 Å². The number of amides is 1. The van der Waals surface area contributed by atoms with Crippen molar-refractivity contribution in [2.75, 3.05) is 11.5 Å². The van der Waals surface area contributed by atoms with E-state index in [4.69, 9.17) is 4.74 Å². The maximum atomic E-state index is 12.4. The van der Waals surface area contributed by atoms with Crippen LogP contribution in [0.3, 0.4) is 0 Å². The molecule has 2 aromatic rings. The molecular formula is C20H20BrNO2. The van der Waals surface area contributed by atoms with Gasteiger partial charge in [0.2, 0.25) is 0 Å². The molecule has 1 saturated heterocycles. The quantitative estimate of drug-likeness (QED) is 0.751. The number of cyclic esters (lactones) is 1. The third-order valence-electron chi connectivity index (χ3n) is 4.95. The second kappa shape index (κ2) is 6.60. The van der Waals surface area contributed by atoms with Gasteiger partial charge in [-0.3, -0.25) is 4.90 Å². The molecule has 3 nitrogen and oxygen atoms in total. The lowest BCUT2D eigenvalue weighted by atomic mass is 9.91. The van der Waals surface area contributed by atoms with Gasteiger partial charge in [0.15, 0.2) is 0 Å². The highest BCUT2D eigenvalue weighted by atomic mass is 79.9. The normalized spacial score (nSPS) is 20.0. The van der Waals surface area contributed by atoms with Crippen LogP contribution in [0.4, 0.5) is 10.5 Å². The molecule has 0 radical (unpaired) electrons. The number of ether oxygens (including phenoxy) is 1. The Morgan fingerprint density at radius 1 is 1.08 bits per heavy atom. The van der Waals surface area contributed by atoms with E-state index in [1.165, 1.54) is 29.5 Å². The van der Waals surface area contributed by atoms with Crippen LogP contribution in [-0.4, -0.2) is 18.7 Å². The molecule has 1 aliphatic carbocycles. The molecule has 0 spiro atoms. The number of fused-ring (bicyclic) bond motifs is 1. The van der Waals surface area contributed by atoms with Crippen LogP contribution in [0.2, 0.25) is 0 Å². The first-order valence-corrected chi connectivity index (χ1v) is 9.33. The molecule has 0 aromatic heterocycles. The number of hydrogen-bond acceptors (Lipinski definition) is 2. The Labute approximate surface area is 150 Å². The van der Waals surface area contributed by atoms with Crippen LogP contribution in [0, 0.1) is 0 Å². The van der Waals surface area contributed by atoms with Gasteiger partial charge in [0.25, 0.3) is 0 Å². The average molecular weight is 386 g/mol. The Bertz CT molecular complexity index is 760. The summed E-state index contributed by atoms with van der Waals surface area (Å²) in [7, 11) is 0. The molecule has 1 amide bonds. The van der Waals surface area contributed by atoms with Crippen LogP contribution in [-0.2, 0) is 24.0 Å². The molecule has 1 heterocycles. The van der Waals surface area contributed by atoms with Crippen LogP contribution in [0.25, 0.3) is 0 Å². The van der Waals surface area contributed by atoms with Crippen molar-refractivity contribution in [3.63, 3.8) is 0 Å². The Balaban J connectivity index is 1.66. The van der Waals surface area contributed by atoms with Gasteiger partial charge in [-0.05, 0) is 76.9 Å². The number of hydrogen-bond donors (Lipinski definition) is 0. The van der Waals surface area contributed by atoms with E-state index in [0.717, 1.165) is 29.4 Å². The maximum absolute atomic E-state index is 12.4. The van der Waals surface area contributed by atoms with Crippen molar-refractivity contribution in [2.24, 2.45) is 0 Å². The molecule has 124 valence electrons. The number of rotatable bonds is 3. The zero-order valence-corrected chi connectivity index (χ0v) is 15.1. The number of carbonyl (C=O) groups is 1. The van der Waals surface area contributed by atoms with Gasteiger partial charge in [-0.25, -0.2) is 4.79 Å². The lowest BCUT2D eigenvalue weighted by Gasteiger charge is -2.25. The van der Waals surface area contributed by atoms with Crippen LogP contribution in [0.5, 0.6) is 0 Å².